The maximum Gasteiger partial charge on any atom is 0.287 e. The molecule has 8 heteroatoms. The summed E-state index contributed by atoms with van der Waals surface area (Å²) in [7, 11) is 5.44. The summed E-state index contributed by atoms with van der Waals surface area (Å²) in [6.07, 6.45) is 1.72. The number of carbonyl (C=O) groups excluding carboxylic acids is 2. The maximum absolute atomic E-state index is 12.8. The van der Waals surface area contributed by atoms with Gasteiger partial charge in [-0.3, -0.25) is 14.0 Å². The van der Waals surface area contributed by atoms with Crippen LogP contribution in [0.3, 0.4) is 0 Å². The molecular weight excluding hydrogens is 358 g/mol. The second kappa shape index (κ2) is 8.53. The highest BCUT2D eigenvalue weighted by Crippen LogP contribution is 2.18. The number of nitrogens with zero attached hydrogens (tertiary/aromatic N) is 3. The van der Waals surface area contributed by atoms with Gasteiger partial charge in [-0.15, -0.1) is 0 Å². The van der Waals surface area contributed by atoms with Gasteiger partial charge in [0.05, 0.1) is 12.6 Å². The summed E-state index contributed by atoms with van der Waals surface area (Å²) in [5.74, 6) is 0.157. The highest BCUT2D eigenvalue weighted by Gasteiger charge is 2.21. The van der Waals surface area contributed by atoms with Crippen LogP contribution in [0, 0.1) is 0 Å². The number of nitrogens with one attached hydrogen (secondary N) is 2. The Morgan fingerprint density at radius 1 is 1.11 bits per heavy atom. The average Bonchev–Trinajstić information content (AvgIpc) is 3.08. The summed E-state index contributed by atoms with van der Waals surface area (Å²) in [5, 5.41) is 5.63. The summed E-state index contributed by atoms with van der Waals surface area (Å²) in [5.41, 5.74) is 1.36. The molecule has 0 bridgehead atoms. The van der Waals surface area contributed by atoms with E-state index in [0.29, 0.717) is 30.0 Å². The number of fused-ring (bicyclic) bond motifs is 1. The zero-order valence-electron chi connectivity index (χ0n) is 16.1. The van der Waals surface area contributed by atoms with Crippen molar-refractivity contribution in [1.82, 2.24) is 19.6 Å². The predicted molar refractivity (Wildman–Crippen MR) is 107 cm³/mol. The Morgan fingerprint density at radius 2 is 1.86 bits per heavy atom. The lowest BCUT2D eigenvalue weighted by Crippen LogP contribution is -2.32. The number of pyridine rings is 1. The molecule has 0 radical (unpaired) electrons. The van der Waals surface area contributed by atoms with E-state index in [0.717, 1.165) is 0 Å². The van der Waals surface area contributed by atoms with Gasteiger partial charge in [-0.1, -0.05) is 6.07 Å². The number of rotatable bonds is 7. The van der Waals surface area contributed by atoms with Gasteiger partial charge in [-0.25, -0.2) is 4.98 Å². The molecule has 0 aliphatic heterocycles. The monoisotopic (exact) mass is 381 g/mol. The minimum absolute atomic E-state index is 0.175. The first kappa shape index (κ1) is 19.4. The summed E-state index contributed by atoms with van der Waals surface area (Å²) < 4.78 is 6.74. The summed E-state index contributed by atoms with van der Waals surface area (Å²) >= 11 is 0. The number of amides is 2. The minimum atomic E-state index is -0.388. The van der Waals surface area contributed by atoms with Gasteiger partial charge in [0.15, 0.2) is 5.69 Å². The van der Waals surface area contributed by atoms with Gasteiger partial charge in [-0.2, -0.15) is 0 Å². The van der Waals surface area contributed by atoms with Crippen LogP contribution < -0.4 is 15.4 Å². The van der Waals surface area contributed by atoms with Crippen LogP contribution in [0.2, 0.25) is 0 Å². The molecule has 3 aromatic rings. The van der Waals surface area contributed by atoms with E-state index in [-0.39, 0.29) is 23.3 Å². The Bertz CT molecular complexity index is 979. The first-order chi connectivity index (χ1) is 13.5. The van der Waals surface area contributed by atoms with E-state index < -0.39 is 0 Å². The number of benzene rings is 1. The lowest BCUT2D eigenvalue weighted by atomic mass is 10.2. The first-order valence-electron chi connectivity index (χ1n) is 8.85. The molecule has 1 aromatic carbocycles. The molecule has 2 N–H and O–H groups in total. The van der Waals surface area contributed by atoms with E-state index >= 15 is 0 Å². The Kier molecular flexibility index (Phi) is 5.90. The largest absolute Gasteiger partial charge is 0.497 e. The van der Waals surface area contributed by atoms with E-state index in [4.69, 9.17) is 4.74 Å². The molecule has 0 unspecified atom stereocenters. The molecule has 0 fully saturated rings. The SMILES string of the molecule is COc1ccc(NC(=O)c2nc(C(=O)NCCN(C)C)n3ccccc23)cc1. The number of aromatic nitrogens is 2. The zero-order chi connectivity index (χ0) is 20.1. The molecule has 3 rings (SSSR count). The third kappa shape index (κ3) is 4.29. The van der Waals surface area contributed by atoms with Crippen molar-refractivity contribution >= 4 is 23.0 Å². The highest BCUT2D eigenvalue weighted by atomic mass is 16.5. The number of anilines is 1. The summed E-state index contributed by atoms with van der Waals surface area (Å²) in [4.78, 5) is 31.6. The van der Waals surface area contributed by atoms with Crippen LogP contribution >= 0.6 is 0 Å². The van der Waals surface area contributed by atoms with E-state index in [1.165, 1.54) is 0 Å². The smallest absolute Gasteiger partial charge is 0.287 e. The van der Waals surface area contributed by atoms with Crippen molar-refractivity contribution in [2.45, 2.75) is 0 Å². The number of methoxy groups -OCH3 is 1. The Hall–Kier alpha value is -3.39. The van der Waals surface area contributed by atoms with E-state index in [1.54, 1.807) is 60.2 Å². The van der Waals surface area contributed by atoms with Gasteiger partial charge in [-0.05, 0) is 50.5 Å². The number of hydrogen-bond donors (Lipinski definition) is 2. The van der Waals surface area contributed by atoms with Gasteiger partial charge >= 0.3 is 0 Å². The van der Waals surface area contributed by atoms with Crippen LogP contribution in [0.25, 0.3) is 5.52 Å². The van der Waals surface area contributed by atoms with Gasteiger partial charge < -0.3 is 20.3 Å². The van der Waals surface area contributed by atoms with Crippen LogP contribution in [-0.4, -0.2) is 60.4 Å². The fourth-order valence-electron chi connectivity index (χ4n) is 2.70. The third-order valence-corrected chi connectivity index (χ3v) is 4.16. The van der Waals surface area contributed by atoms with Crippen molar-refractivity contribution in [3.05, 3.63) is 60.2 Å². The molecule has 0 aliphatic rings. The molecule has 2 amide bonds. The Balaban J connectivity index is 1.84. The van der Waals surface area contributed by atoms with Crippen molar-refractivity contribution in [3.63, 3.8) is 0 Å². The lowest BCUT2D eigenvalue weighted by molar-refractivity contribution is 0.0940. The number of ether oxygens (including phenoxy) is 1. The second-order valence-corrected chi connectivity index (χ2v) is 6.48. The van der Waals surface area contributed by atoms with Gasteiger partial charge in [0, 0.05) is 25.0 Å². The number of carbonyl (C=O) groups is 2. The van der Waals surface area contributed by atoms with Gasteiger partial charge in [0.2, 0.25) is 5.82 Å². The van der Waals surface area contributed by atoms with Crippen molar-refractivity contribution in [3.8, 4) is 5.75 Å². The zero-order valence-corrected chi connectivity index (χ0v) is 16.1. The maximum atomic E-state index is 12.8. The molecule has 0 saturated carbocycles. The standard InChI is InChI=1S/C20H23N5O3/c1-24(2)13-11-21-20(27)18-23-17(16-6-4-5-12-25(16)18)19(26)22-14-7-9-15(28-3)10-8-14/h4-10,12H,11,13H2,1-3H3,(H,21,27)(H,22,26). The summed E-state index contributed by atoms with van der Waals surface area (Å²) in [6.45, 7) is 1.20. The molecule has 146 valence electrons. The van der Waals surface area contributed by atoms with Crippen LogP contribution in [-0.2, 0) is 0 Å². The fraction of sp³-hybridized carbons (Fsp3) is 0.250. The molecule has 0 atom stereocenters. The molecule has 0 spiro atoms. The van der Waals surface area contributed by atoms with Crippen molar-refractivity contribution in [1.29, 1.82) is 0 Å². The molecule has 8 nitrogen and oxygen atoms in total. The molecular formula is C20H23N5O3. The fourth-order valence-corrected chi connectivity index (χ4v) is 2.70. The molecule has 2 aromatic heterocycles. The molecule has 0 aliphatic carbocycles. The topological polar surface area (TPSA) is 88.0 Å². The van der Waals surface area contributed by atoms with Crippen LogP contribution in [0.1, 0.15) is 21.1 Å². The van der Waals surface area contributed by atoms with Crippen LogP contribution in [0.5, 0.6) is 5.75 Å². The van der Waals surface area contributed by atoms with Gasteiger partial charge in [0.25, 0.3) is 11.8 Å². The second-order valence-electron chi connectivity index (χ2n) is 6.48. The van der Waals surface area contributed by atoms with Crippen molar-refractivity contribution < 1.29 is 14.3 Å². The lowest BCUT2D eigenvalue weighted by Gasteiger charge is -2.09. The predicted octanol–water partition coefficient (Wildman–Crippen LogP) is 1.89. The molecule has 2 heterocycles. The first-order valence-corrected chi connectivity index (χ1v) is 8.85. The molecule has 0 saturated heterocycles. The van der Waals surface area contributed by atoms with E-state index in [1.807, 2.05) is 19.0 Å². The quantitative estimate of drug-likeness (QED) is 0.653. The van der Waals surface area contributed by atoms with Crippen molar-refractivity contribution in [2.24, 2.45) is 0 Å². The Labute approximate surface area is 163 Å². The van der Waals surface area contributed by atoms with E-state index in [9.17, 15) is 9.59 Å². The normalized spacial score (nSPS) is 10.9. The van der Waals surface area contributed by atoms with Crippen LogP contribution in [0.4, 0.5) is 5.69 Å². The Morgan fingerprint density at radius 3 is 2.54 bits per heavy atom. The van der Waals surface area contributed by atoms with Gasteiger partial charge in [0.1, 0.15) is 5.75 Å². The number of hydrogen-bond acceptors (Lipinski definition) is 5. The third-order valence-electron chi connectivity index (χ3n) is 4.16. The summed E-state index contributed by atoms with van der Waals surface area (Å²) in [6, 6.07) is 12.3. The van der Waals surface area contributed by atoms with Crippen LogP contribution in [0.15, 0.2) is 48.7 Å². The minimum Gasteiger partial charge on any atom is -0.497 e. The number of imidazole rings is 1. The number of likely N-dealkylation sites (N-methyl/N-ethyl adjacent to an activating group) is 1. The van der Waals surface area contributed by atoms with Crippen molar-refractivity contribution in [2.75, 3.05) is 39.6 Å². The highest BCUT2D eigenvalue weighted by molar-refractivity contribution is 6.08. The average molecular weight is 381 g/mol. The molecule has 28 heavy (non-hydrogen) atoms. The van der Waals surface area contributed by atoms with E-state index in [2.05, 4.69) is 15.6 Å².